The molecule has 0 spiro atoms. The molecule has 2 rings (SSSR count). The highest BCUT2D eigenvalue weighted by atomic mass is 16.5. The Hall–Kier alpha value is -2.50. The molecule has 0 bridgehead atoms. The normalized spacial score (nSPS) is 10.2. The van der Waals surface area contributed by atoms with Gasteiger partial charge in [0, 0.05) is 18.3 Å². The minimum absolute atomic E-state index is 0.126. The molecular weight excluding hydrogens is 246 g/mol. The Kier molecular flexibility index (Phi) is 4.02. The summed E-state index contributed by atoms with van der Waals surface area (Å²) in [6, 6.07) is 10.00. The standard InChI is InChI=1S/C13H14N3O3/c1-18-10-3-2-4-11(9-10)19-8-7-16-6-5-12(15-16)13(14)17/h2-4,6,9H,7-8H2,1H3,(H2,14,17). The number of primary amides is 1. The van der Waals surface area contributed by atoms with Crippen molar-refractivity contribution in [2.24, 2.45) is 5.73 Å². The van der Waals surface area contributed by atoms with Gasteiger partial charge in [-0.3, -0.25) is 9.48 Å². The van der Waals surface area contributed by atoms with Gasteiger partial charge in [-0.05, 0) is 12.1 Å². The number of amides is 1. The van der Waals surface area contributed by atoms with E-state index in [4.69, 9.17) is 15.2 Å². The van der Waals surface area contributed by atoms with Crippen molar-refractivity contribution in [2.45, 2.75) is 6.54 Å². The van der Waals surface area contributed by atoms with Gasteiger partial charge in [0.25, 0.3) is 5.91 Å². The van der Waals surface area contributed by atoms with Crippen LogP contribution < -0.4 is 15.2 Å². The van der Waals surface area contributed by atoms with Crippen LogP contribution in [-0.2, 0) is 6.54 Å². The molecule has 2 N–H and O–H groups in total. The lowest BCUT2D eigenvalue weighted by Crippen LogP contribution is -2.14. The Bertz CT molecular complexity index is 566. The fraction of sp³-hybridized carbons (Fsp3) is 0.231. The minimum Gasteiger partial charge on any atom is -0.497 e. The Morgan fingerprint density at radius 2 is 2.26 bits per heavy atom. The molecule has 6 heteroatoms. The maximum absolute atomic E-state index is 10.9. The smallest absolute Gasteiger partial charge is 0.269 e. The Balaban J connectivity index is 1.86. The molecule has 1 amide bonds. The summed E-state index contributed by atoms with van der Waals surface area (Å²) in [5.74, 6) is 0.860. The van der Waals surface area contributed by atoms with Crippen LogP contribution >= 0.6 is 0 Å². The third-order valence-corrected chi connectivity index (χ3v) is 2.44. The van der Waals surface area contributed by atoms with Crippen LogP contribution in [0.3, 0.4) is 0 Å². The number of carbonyl (C=O) groups is 1. The number of benzene rings is 1. The van der Waals surface area contributed by atoms with Gasteiger partial charge in [-0.15, -0.1) is 0 Å². The first-order valence-corrected chi connectivity index (χ1v) is 5.71. The number of ether oxygens (including phenoxy) is 2. The second kappa shape index (κ2) is 5.90. The summed E-state index contributed by atoms with van der Waals surface area (Å²) < 4.78 is 12.2. The molecule has 1 radical (unpaired) electrons. The molecule has 0 aliphatic rings. The third-order valence-electron chi connectivity index (χ3n) is 2.44. The monoisotopic (exact) mass is 260 g/mol. The van der Waals surface area contributed by atoms with E-state index in [1.807, 2.05) is 18.2 Å². The second-order valence-electron chi connectivity index (χ2n) is 3.78. The topological polar surface area (TPSA) is 79.4 Å². The molecule has 1 aromatic carbocycles. The van der Waals surface area contributed by atoms with Crippen LogP contribution in [0.2, 0.25) is 0 Å². The maximum atomic E-state index is 10.9. The zero-order valence-corrected chi connectivity index (χ0v) is 10.5. The van der Waals surface area contributed by atoms with E-state index in [9.17, 15) is 4.79 Å². The van der Waals surface area contributed by atoms with E-state index in [1.54, 1.807) is 24.1 Å². The number of nitrogens with zero attached hydrogens (tertiary/aromatic N) is 2. The highest BCUT2D eigenvalue weighted by Gasteiger charge is 2.05. The molecule has 0 saturated heterocycles. The van der Waals surface area contributed by atoms with Gasteiger partial charge in [-0.2, -0.15) is 5.10 Å². The molecular formula is C13H14N3O3. The van der Waals surface area contributed by atoms with Crippen LogP contribution in [0, 0.1) is 6.07 Å². The highest BCUT2D eigenvalue weighted by Crippen LogP contribution is 2.18. The lowest BCUT2D eigenvalue weighted by molar-refractivity contribution is 0.0994. The summed E-state index contributed by atoms with van der Waals surface area (Å²) in [7, 11) is 1.60. The Morgan fingerprint density at radius 3 is 2.95 bits per heavy atom. The lowest BCUT2D eigenvalue weighted by atomic mass is 10.3. The molecule has 19 heavy (non-hydrogen) atoms. The highest BCUT2D eigenvalue weighted by molar-refractivity contribution is 5.90. The molecule has 0 unspecified atom stereocenters. The van der Waals surface area contributed by atoms with Gasteiger partial charge in [0.15, 0.2) is 5.69 Å². The molecule has 1 heterocycles. The van der Waals surface area contributed by atoms with Crippen LogP contribution in [-0.4, -0.2) is 29.4 Å². The van der Waals surface area contributed by atoms with Crippen molar-refractivity contribution in [1.29, 1.82) is 0 Å². The van der Waals surface area contributed by atoms with E-state index in [0.29, 0.717) is 18.9 Å². The average Bonchev–Trinajstić information content (AvgIpc) is 2.88. The summed E-state index contributed by atoms with van der Waals surface area (Å²) in [5, 5.41) is 3.96. The van der Waals surface area contributed by atoms with Crippen molar-refractivity contribution in [2.75, 3.05) is 13.7 Å². The summed E-state index contributed by atoms with van der Waals surface area (Å²) in [6.45, 7) is 0.919. The third kappa shape index (κ3) is 3.48. The van der Waals surface area contributed by atoms with E-state index < -0.39 is 5.91 Å². The number of hydrogen-bond acceptors (Lipinski definition) is 4. The number of hydrogen-bond donors (Lipinski definition) is 1. The first-order chi connectivity index (χ1) is 9.19. The first kappa shape index (κ1) is 12.9. The minimum atomic E-state index is -0.590. The number of rotatable bonds is 6. The second-order valence-corrected chi connectivity index (χ2v) is 3.78. The molecule has 1 aromatic heterocycles. The SMILES string of the molecule is COc1cccc(OCCn2c[c]c(C(N)=O)n2)c1. The molecule has 6 nitrogen and oxygen atoms in total. The summed E-state index contributed by atoms with van der Waals surface area (Å²) >= 11 is 0. The zero-order valence-electron chi connectivity index (χ0n) is 10.5. The fourth-order valence-electron chi connectivity index (χ4n) is 1.50. The lowest BCUT2D eigenvalue weighted by Gasteiger charge is -2.07. The molecule has 0 aliphatic heterocycles. The molecule has 0 aliphatic carbocycles. The van der Waals surface area contributed by atoms with Crippen LogP contribution in [0.4, 0.5) is 0 Å². The predicted octanol–water partition coefficient (Wildman–Crippen LogP) is 0.870. The van der Waals surface area contributed by atoms with Crippen molar-refractivity contribution in [1.82, 2.24) is 9.78 Å². The van der Waals surface area contributed by atoms with E-state index in [2.05, 4.69) is 11.2 Å². The number of methoxy groups -OCH3 is 1. The van der Waals surface area contributed by atoms with Crippen LogP contribution in [0.25, 0.3) is 0 Å². The molecule has 0 atom stereocenters. The summed E-state index contributed by atoms with van der Waals surface area (Å²) in [5.41, 5.74) is 5.21. The molecule has 0 fully saturated rings. The molecule has 0 saturated carbocycles. The first-order valence-electron chi connectivity index (χ1n) is 5.71. The van der Waals surface area contributed by atoms with E-state index in [1.165, 1.54) is 0 Å². The van der Waals surface area contributed by atoms with Gasteiger partial charge >= 0.3 is 0 Å². The van der Waals surface area contributed by atoms with Crippen molar-refractivity contribution >= 4 is 5.91 Å². The van der Waals surface area contributed by atoms with Crippen LogP contribution in [0.5, 0.6) is 11.5 Å². The van der Waals surface area contributed by atoms with Gasteiger partial charge in [0.2, 0.25) is 0 Å². The van der Waals surface area contributed by atoms with Gasteiger partial charge < -0.3 is 15.2 Å². The molecule has 99 valence electrons. The van der Waals surface area contributed by atoms with Gasteiger partial charge in [0.1, 0.15) is 18.1 Å². The quantitative estimate of drug-likeness (QED) is 0.835. The van der Waals surface area contributed by atoms with Crippen molar-refractivity contribution in [3.63, 3.8) is 0 Å². The van der Waals surface area contributed by atoms with Crippen LogP contribution in [0.15, 0.2) is 30.5 Å². The van der Waals surface area contributed by atoms with E-state index in [-0.39, 0.29) is 5.69 Å². The van der Waals surface area contributed by atoms with Crippen LogP contribution in [0.1, 0.15) is 10.5 Å². The summed E-state index contributed by atoms with van der Waals surface area (Å²) in [6.07, 6.45) is 1.56. The average molecular weight is 260 g/mol. The van der Waals surface area contributed by atoms with Crippen molar-refractivity contribution in [3.05, 3.63) is 42.2 Å². The Morgan fingerprint density at radius 1 is 1.47 bits per heavy atom. The van der Waals surface area contributed by atoms with E-state index in [0.717, 1.165) is 5.75 Å². The maximum Gasteiger partial charge on any atom is 0.269 e. The largest absolute Gasteiger partial charge is 0.497 e. The van der Waals surface area contributed by atoms with Gasteiger partial charge in [-0.1, -0.05) is 6.07 Å². The number of aromatic nitrogens is 2. The fourth-order valence-corrected chi connectivity index (χ4v) is 1.50. The number of carbonyl (C=O) groups excluding carboxylic acids is 1. The van der Waals surface area contributed by atoms with E-state index >= 15 is 0 Å². The summed E-state index contributed by atoms with van der Waals surface area (Å²) in [4.78, 5) is 10.9. The predicted molar refractivity (Wildman–Crippen MR) is 68.1 cm³/mol. The number of nitrogens with two attached hydrogens (primary N) is 1. The molecule has 2 aromatic rings. The Labute approximate surface area is 110 Å². The van der Waals surface area contributed by atoms with Gasteiger partial charge in [-0.25, -0.2) is 0 Å². The zero-order chi connectivity index (χ0) is 13.7. The van der Waals surface area contributed by atoms with Crippen molar-refractivity contribution in [3.8, 4) is 11.5 Å². The van der Waals surface area contributed by atoms with Crippen molar-refractivity contribution < 1.29 is 14.3 Å². The van der Waals surface area contributed by atoms with Gasteiger partial charge in [0.05, 0.1) is 13.7 Å².